The SMILES string of the molecule is COc1ccccc1N(O)C=O.C[C]=O. The molecule has 1 rings (SSSR count). The zero-order valence-corrected chi connectivity index (χ0v) is 8.51. The fourth-order valence-electron chi connectivity index (χ4n) is 0.876. The van der Waals surface area contributed by atoms with Gasteiger partial charge in [-0.15, -0.1) is 0 Å². The summed E-state index contributed by atoms with van der Waals surface area (Å²) in [6, 6.07) is 6.68. The quantitative estimate of drug-likeness (QED) is 0.462. The molecule has 5 nitrogen and oxygen atoms in total. The van der Waals surface area contributed by atoms with Crippen molar-refractivity contribution in [3.8, 4) is 5.75 Å². The Balaban J connectivity index is 0.000000583. The number of methoxy groups -OCH3 is 1. The summed E-state index contributed by atoms with van der Waals surface area (Å²) in [4.78, 5) is 18.9. The highest BCUT2D eigenvalue weighted by Gasteiger charge is 2.06. The number of para-hydroxylation sites is 2. The maximum Gasteiger partial charge on any atom is 0.238 e. The highest BCUT2D eigenvalue weighted by Crippen LogP contribution is 2.25. The Bertz CT molecular complexity index is 314. The third kappa shape index (κ3) is 4.24. The number of anilines is 1. The summed E-state index contributed by atoms with van der Waals surface area (Å²) in [6.07, 6.45) is 1.80. The molecule has 0 aliphatic carbocycles. The molecule has 1 amide bonds. The topological polar surface area (TPSA) is 66.8 Å². The van der Waals surface area contributed by atoms with E-state index in [-0.39, 0.29) is 0 Å². The Morgan fingerprint density at radius 3 is 2.47 bits per heavy atom. The van der Waals surface area contributed by atoms with Gasteiger partial charge >= 0.3 is 0 Å². The second-order valence-corrected chi connectivity index (χ2v) is 2.33. The number of carbonyl (C=O) groups is 1. The van der Waals surface area contributed by atoms with E-state index in [2.05, 4.69) is 0 Å². The van der Waals surface area contributed by atoms with Crippen molar-refractivity contribution in [3.63, 3.8) is 0 Å². The van der Waals surface area contributed by atoms with E-state index in [1.54, 1.807) is 24.3 Å². The van der Waals surface area contributed by atoms with Gasteiger partial charge in [0.25, 0.3) is 0 Å². The van der Waals surface area contributed by atoms with Gasteiger partial charge in [-0.05, 0) is 12.1 Å². The highest BCUT2D eigenvalue weighted by molar-refractivity contribution is 5.75. The van der Waals surface area contributed by atoms with Gasteiger partial charge in [0.1, 0.15) is 11.4 Å². The normalized spacial score (nSPS) is 8.20. The van der Waals surface area contributed by atoms with E-state index in [9.17, 15) is 4.79 Å². The first-order valence-corrected chi connectivity index (χ1v) is 4.06. The van der Waals surface area contributed by atoms with E-state index in [0.717, 1.165) is 0 Å². The van der Waals surface area contributed by atoms with E-state index in [4.69, 9.17) is 14.7 Å². The Kier molecular flexibility index (Phi) is 6.57. The third-order valence-corrected chi connectivity index (χ3v) is 1.43. The Labute approximate surface area is 87.8 Å². The van der Waals surface area contributed by atoms with Gasteiger partial charge in [0, 0.05) is 6.92 Å². The van der Waals surface area contributed by atoms with Gasteiger partial charge in [-0.25, -0.2) is 0 Å². The Hall–Kier alpha value is -1.88. The molecule has 5 heteroatoms. The molecule has 1 radical (unpaired) electrons. The molecule has 0 saturated heterocycles. The van der Waals surface area contributed by atoms with Crippen LogP contribution < -0.4 is 9.80 Å². The molecular weight excluding hydrogens is 198 g/mol. The van der Waals surface area contributed by atoms with Gasteiger partial charge in [0.05, 0.1) is 7.11 Å². The first-order chi connectivity index (χ1) is 7.21. The Morgan fingerprint density at radius 1 is 1.47 bits per heavy atom. The fraction of sp³-hybridized carbons (Fsp3) is 0.200. The molecule has 15 heavy (non-hydrogen) atoms. The predicted octanol–water partition coefficient (Wildman–Crippen LogP) is 1.16. The van der Waals surface area contributed by atoms with Crippen LogP contribution in [-0.2, 0) is 9.59 Å². The van der Waals surface area contributed by atoms with E-state index in [0.29, 0.717) is 22.9 Å². The molecule has 1 aromatic carbocycles. The average molecular weight is 210 g/mol. The minimum atomic E-state index is 0.303. The molecule has 0 aliphatic heterocycles. The van der Waals surface area contributed by atoms with Crippen molar-refractivity contribution in [2.24, 2.45) is 0 Å². The van der Waals surface area contributed by atoms with Crippen LogP contribution in [0.1, 0.15) is 6.92 Å². The van der Waals surface area contributed by atoms with Gasteiger partial charge in [0.15, 0.2) is 6.29 Å². The van der Waals surface area contributed by atoms with Crippen LogP contribution in [0.15, 0.2) is 24.3 Å². The molecule has 0 heterocycles. The molecule has 0 unspecified atom stereocenters. The van der Waals surface area contributed by atoms with E-state index in [1.807, 2.05) is 0 Å². The van der Waals surface area contributed by atoms with Crippen LogP contribution in [0.2, 0.25) is 0 Å². The van der Waals surface area contributed by atoms with Crippen molar-refractivity contribution in [2.45, 2.75) is 6.92 Å². The summed E-state index contributed by atoms with van der Waals surface area (Å²) >= 11 is 0. The zero-order valence-electron chi connectivity index (χ0n) is 8.51. The number of ether oxygens (including phenoxy) is 1. The van der Waals surface area contributed by atoms with Gasteiger partial charge in [-0.1, -0.05) is 12.1 Å². The molecule has 1 aromatic rings. The number of rotatable bonds is 3. The molecule has 0 bridgehead atoms. The molecule has 0 aliphatic rings. The third-order valence-electron chi connectivity index (χ3n) is 1.43. The lowest BCUT2D eigenvalue weighted by atomic mass is 10.3. The van der Waals surface area contributed by atoms with Crippen LogP contribution in [0, 0.1) is 0 Å². The van der Waals surface area contributed by atoms with E-state index < -0.39 is 0 Å². The number of benzene rings is 1. The van der Waals surface area contributed by atoms with Gasteiger partial charge in [-0.3, -0.25) is 14.8 Å². The van der Waals surface area contributed by atoms with Crippen LogP contribution in [0.25, 0.3) is 0 Å². The Morgan fingerprint density at radius 2 is 2.00 bits per heavy atom. The molecule has 0 spiro atoms. The summed E-state index contributed by atoms with van der Waals surface area (Å²) in [7, 11) is 1.47. The maximum absolute atomic E-state index is 10.2. The zero-order chi connectivity index (χ0) is 11.7. The number of hydrogen-bond donors (Lipinski definition) is 1. The summed E-state index contributed by atoms with van der Waals surface area (Å²) in [5.41, 5.74) is 0.329. The first kappa shape index (κ1) is 13.1. The molecule has 1 N–H and O–H groups in total. The number of hydrogen-bond acceptors (Lipinski definition) is 4. The van der Waals surface area contributed by atoms with E-state index >= 15 is 0 Å². The summed E-state index contributed by atoms with van der Waals surface area (Å²) < 4.78 is 4.91. The maximum atomic E-state index is 10.2. The highest BCUT2D eigenvalue weighted by atomic mass is 16.5. The lowest BCUT2D eigenvalue weighted by Crippen LogP contribution is -2.15. The second kappa shape index (κ2) is 7.52. The molecule has 0 aromatic heterocycles. The van der Waals surface area contributed by atoms with Gasteiger partial charge < -0.3 is 4.74 Å². The second-order valence-electron chi connectivity index (χ2n) is 2.33. The van der Waals surface area contributed by atoms with Crippen molar-refractivity contribution in [3.05, 3.63) is 24.3 Å². The van der Waals surface area contributed by atoms with E-state index in [1.165, 1.54) is 20.3 Å². The fourth-order valence-corrected chi connectivity index (χ4v) is 0.876. The lowest BCUT2D eigenvalue weighted by Gasteiger charge is -2.11. The number of carbonyl (C=O) groups excluding carboxylic acids is 2. The number of hydroxylamine groups is 1. The summed E-state index contributed by atoms with van der Waals surface area (Å²) in [5.74, 6) is 0.451. The van der Waals surface area contributed by atoms with Crippen LogP contribution in [-0.4, -0.2) is 25.0 Å². The van der Waals surface area contributed by atoms with Crippen LogP contribution in [0.5, 0.6) is 5.75 Å². The van der Waals surface area contributed by atoms with Crippen molar-refractivity contribution in [1.29, 1.82) is 0 Å². The summed E-state index contributed by atoms with van der Waals surface area (Å²) in [6.45, 7) is 1.32. The minimum absolute atomic E-state index is 0.303. The van der Waals surface area contributed by atoms with Crippen molar-refractivity contribution >= 4 is 18.4 Å². The summed E-state index contributed by atoms with van der Waals surface area (Å²) in [5, 5.41) is 9.50. The van der Waals surface area contributed by atoms with Crippen LogP contribution >= 0.6 is 0 Å². The van der Waals surface area contributed by atoms with Gasteiger partial charge in [0.2, 0.25) is 6.41 Å². The molecule has 0 atom stereocenters. The smallest absolute Gasteiger partial charge is 0.238 e. The molecule has 0 saturated carbocycles. The van der Waals surface area contributed by atoms with Crippen LogP contribution in [0.4, 0.5) is 5.69 Å². The van der Waals surface area contributed by atoms with Crippen molar-refractivity contribution in [1.82, 2.24) is 0 Å². The minimum Gasteiger partial charge on any atom is -0.494 e. The average Bonchev–Trinajstić information content (AvgIpc) is 2.29. The first-order valence-electron chi connectivity index (χ1n) is 4.06. The van der Waals surface area contributed by atoms with Crippen LogP contribution in [0.3, 0.4) is 0 Å². The lowest BCUT2D eigenvalue weighted by molar-refractivity contribution is -0.111. The van der Waals surface area contributed by atoms with Gasteiger partial charge in [-0.2, -0.15) is 5.06 Å². The monoisotopic (exact) mass is 210 g/mol. The number of nitrogens with zero attached hydrogens (tertiary/aromatic N) is 1. The molecular formula is C10H12NO4. The largest absolute Gasteiger partial charge is 0.494 e. The standard InChI is InChI=1S/C8H9NO3.C2H3O/c1-12-8-5-3-2-4-7(8)9(11)6-10;1-2-3/h2-6,11H,1H3;1H3. The predicted molar refractivity (Wildman–Crippen MR) is 54.7 cm³/mol. The van der Waals surface area contributed by atoms with Crippen molar-refractivity contribution in [2.75, 3.05) is 12.2 Å². The molecule has 0 fully saturated rings. The van der Waals surface area contributed by atoms with Crippen molar-refractivity contribution < 1.29 is 19.5 Å². The molecule has 81 valence electrons. The number of amides is 1.